The van der Waals surface area contributed by atoms with Gasteiger partial charge in [0.2, 0.25) is 5.82 Å². The molecule has 4 rings (SSSR count). The number of alkyl halides is 3. The molecular formula is C23H24F6N4O2S. The third-order valence-corrected chi connectivity index (χ3v) is 6.82. The molecule has 2 aliphatic rings. The summed E-state index contributed by atoms with van der Waals surface area (Å²) < 4.78 is 87.8. The first-order chi connectivity index (χ1) is 16.9. The Morgan fingerprint density at radius 1 is 1.14 bits per heavy atom. The number of esters is 1. The van der Waals surface area contributed by atoms with E-state index >= 15 is 0 Å². The summed E-state index contributed by atoms with van der Waals surface area (Å²) in [5, 5.41) is 0. The van der Waals surface area contributed by atoms with Crippen LogP contribution in [-0.4, -0.2) is 44.1 Å². The van der Waals surface area contributed by atoms with Crippen LogP contribution in [0.25, 0.3) is 0 Å². The van der Waals surface area contributed by atoms with Crippen LogP contribution >= 0.6 is 12.2 Å². The average molecular weight is 535 g/mol. The van der Waals surface area contributed by atoms with Crippen molar-refractivity contribution in [1.82, 2.24) is 14.5 Å². The van der Waals surface area contributed by atoms with Crippen molar-refractivity contribution in [3.8, 4) is 0 Å². The van der Waals surface area contributed by atoms with E-state index in [4.69, 9.17) is 22.7 Å². The molecule has 1 aromatic heterocycles. The molecule has 1 saturated carbocycles. The molecule has 0 spiro atoms. The molecule has 0 saturated heterocycles. The summed E-state index contributed by atoms with van der Waals surface area (Å²) in [5.41, 5.74) is 5.59. The Kier molecular flexibility index (Phi) is 7.60. The molecule has 36 heavy (non-hydrogen) atoms. The van der Waals surface area contributed by atoms with Crippen molar-refractivity contribution in [1.29, 1.82) is 0 Å². The van der Waals surface area contributed by atoms with Gasteiger partial charge in [-0.1, -0.05) is 12.2 Å². The zero-order valence-corrected chi connectivity index (χ0v) is 19.9. The van der Waals surface area contributed by atoms with Gasteiger partial charge in [-0.2, -0.15) is 13.2 Å². The number of aromatic nitrogens is 2. The zero-order chi connectivity index (χ0) is 26.2. The molecule has 1 aliphatic carbocycles. The number of rotatable bonds is 6. The van der Waals surface area contributed by atoms with Crippen LogP contribution in [0.5, 0.6) is 0 Å². The highest BCUT2D eigenvalue weighted by Gasteiger charge is 2.42. The number of halogens is 6. The normalized spacial score (nSPS) is 17.2. The number of hydrogen-bond acceptors (Lipinski definition) is 5. The first-order valence-corrected chi connectivity index (χ1v) is 11.9. The maximum absolute atomic E-state index is 14.0. The van der Waals surface area contributed by atoms with E-state index in [0.29, 0.717) is 18.9 Å². The number of imidazole rings is 1. The third kappa shape index (κ3) is 5.66. The molecule has 196 valence electrons. The molecule has 0 radical (unpaired) electrons. The van der Waals surface area contributed by atoms with Gasteiger partial charge in [-0.15, -0.1) is 0 Å². The predicted molar refractivity (Wildman–Crippen MR) is 121 cm³/mol. The van der Waals surface area contributed by atoms with E-state index in [-0.39, 0.29) is 54.8 Å². The summed E-state index contributed by atoms with van der Waals surface area (Å²) in [6, 6.07) is 0.404. The fraction of sp³-hybridized carbons (Fsp3) is 0.522. The van der Waals surface area contributed by atoms with Gasteiger partial charge in [-0.25, -0.2) is 22.9 Å². The van der Waals surface area contributed by atoms with Crippen LogP contribution in [0.15, 0.2) is 12.1 Å². The summed E-state index contributed by atoms with van der Waals surface area (Å²) in [7, 11) is 0. The minimum Gasteiger partial charge on any atom is -0.458 e. The van der Waals surface area contributed by atoms with Crippen molar-refractivity contribution in [2.45, 2.75) is 69.9 Å². The summed E-state index contributed by atoms with van der Waals surface area (Å²) in [6.07, 6.45) is -2.14. The lowest BCUT2D eigenvalue weighted by molar-refractivity contribution is -0.147. The fourth-order valence-electron chi connectivity index (χ4n) is 4.60. The van der Waals surface area contributed by atoms with E-state index in [1.54, 1.807) is 4.90 Å². The molecular weight excluding hydrogens is 510 g/mol. The Labute approximate surface area is 208 Å². The molecule has 2 N–H and O–H groups in total. The lowest BCUT2D eigenvalue weighted by Crippen LogP contribution is -2.41. The van der Waals surface area contributed by atoms with Crippen molar-refractivity contribution in [2.24, 2.45) is 5.73 Å². The van der Waals surface area contributed by atoms with Crippen LogP contribution in [0, 0.1) is 17.5 Å². The highest BCUT2D eigenvalue weighted by Crippen LogP contribution is 2.33. The van der Waals surface area contributed by atoms with E-state index in [2.05, 4.69) is 4.98 Å². The van der Waals surface area contributed by atoms with Gasteiger partial charge >= 0.3 is 12.1 Å². The van der Waals surface area contributed by atoms with Crippen LogP contribution in [0.2, 0.25) is 0 Å². The van der Waals surface area contributed by atoms with E-state index in [0.717, 1.165) is 23.5 Å². The number of thiocarbonyl (C=S) groups is 1. The van der Waals surface area contributed by atoms with Crippen molar-refractivity contribution in [3.63, 3.8) is 0 Å². The Balaban J connectivity index is 1.49. The van der Waals surface area contributed by atoms with E-state index < -0.39 is 47.2 Å². The summed E-state index contributed by atoms with van der Waals surface area (Å²) in [6.45, 7) is -0.140. The minimum absolute atomic E-state index is 0.0376. The molecule has 13 heteroatoms. The molecule has 1 fully saturated rings. The number of benzene rings is 1. The third-order valence-electron chi connectivity index (χ3n) is 6.39. The average Bonchev–Trinajstić information content (AvgIpc) is 3.44. The Morgan fingerprint density at radius 3 is 2.47 bits per heavy atom. The largest absolute Gasteiger partial charge is 0.458 e. The molecule has 0 bridgehead atoms. The van der Waals surface area contributed by atoms with E-state index in [1.807, 2.05) is 0 Å². The number of carbonyl (C=O) groups is 1. The highest BCUT2D eigenvalue weighted by atomic mass is 32.1. The summed E-state index contributed by atoms with van der Waals surface area (Å²) in [5.74, 6) is -5.54. The number of ether oxygens (including phenoxy) is 1. The highest BCUT2D eigenvalue weighted by molar-refractivity contribution is 7.80. The molecule has 1 aliphatic heterocycles. The molecule has 2 heterocycles. The predicted octanol–water partition coefficient (Wildman–Crippen LogP) is 4.52. The van der Waals surface area contributed by atoms with Crippen molar-refractivity contribution in [3.05, 3.63) is 52.4 Å². The van der Waals surface area contributed by atoms with Gasteiger partial charge in [0.1, 0.15) is 11.9 Å². The van der Waals surface area contributed by atoms with Gasteiger partial charge < -0.3 is 19.9 Å². The molecule has 0 unspecified atom stereocenters. The maximum Gasteiger partial charge on any atom is 0.449 e. The fourth-order valence-corrected chi connectivity index (χ4v) is 4.97. The second-order valence-electron chi connectivity index (χ2n) is 9.03. The first kappa shape index (κ1) is 26.4. The van der Waals surface area contributed by atoms with Crippen LogP contribution < -0.4 is 5.73 Å². The van der Waals surface area contributed by atoms with Crippen molar-refractivity contribution >= 4 is 23.2 Å². The molecule has 0 amide bonds. The second-order valence-corrected chi connectivity index (χ2v) is 9.50. The molecule has 1 aromatic carbocycles. The quantitative estimate of drug-likeness (QED) is 0.254. The van der Waals surface area contributed by atoms with Gasteiger partial charge in [0.15, 0.2) is 17.3 Å². The van der Waals surface area contributed by atoms with Crippen LogP contribution in [0.4, 0.5) is 26.3 Å². The SMILES string of the molecule is N[C@H](CC(=S)N1CCn2c(C(F)(F)F)nc(C(=O)OC3CCCC3)c2C1)Cc1cc(F)c(F)cc1F. The maximum atomic E-state index is 14.0. The summed E-state index contributed by atoms with van der Waals surface area (Å²) >= 11 is 5.43. The van der Waals surface area contributed by atoms with Gasteiger partial charge in [0.05, 0.1) is 17.2 Å². The molecule has 1 atom stereocenters. The summed E-state index contributed by atoms with van der Waals surface area (Å²) in [4.78, 5) is 18.2. The van der Waals surface area contributed by atoms with Crippen LogP contribution in [-0.2, 0) is 30.4 Å². The van der Waals surface area contributed by atoms with Crippen molar-refractivity contribution < 1.29 is 35.9 Å². The van der Waals surface area contributed by atoms with Gasteiger partial charge in [0.25, 0.3) is 0 Å². The molecule has 6 nitrogen and oxygen atoms in total. The first-order valence-electron chi connectivity index (χ1n) is 11.5. The van der Waals surface area contributed by atoms with Crippen LogP contribution in [0.1, 0.15) is 59.7 Å². The van der Waals surface area contributed by atoms with Crippen LogP contribution in [0.3, 0.4) is 0 Å². The standard InChI is InChI=1S/C23H24F6N4O2S/c24-15-10-17(26)16(25)8-12(15)7-13(30)9-19(36)32-5-6-33-18(11-32)20(31-22(33)23(27,28)29)21(34)35-14-3-1-2-4-14/h8,10,13-14H,1-7,9,11,30H2/t13-/m0/s1. The van der Waals surface area contributed by atoms with Gasteiger partial charge in [0, 0.05) is 31.6 Å². The van der Waals surface area contributed by atoms with Gasteiger partial charge in [-0.05, 0) is 43.7 Å². The number of carbonyl (C=O) groups excluding carboxylic acids is 1. The lowest BCUT2D eigenvalue weighted by atomic mass is 10.0. The second kappa shape index (κ2) is 10.4. The monoisotopic (exact) mass is 534 g/mol. The topological polar surface area (TPSA) is 73.4 Å². The Bertz CT molecular complexity index is 1160. The zero-order valence-electron chi connectivity index (χ0n) is 19.1. The smallest absolute Gasteiger partial charge is 0.449 e. The number of hydrogen-bond donors (Lipinski definition) is 1. The minimum atomic E-state index is -4.76. The Morgan fingerprint density at radius 2 is 1.81 bits per heavy atom. The van der Waals surface area contributed by atoms with Gasteiger partial charge in [-0.3, -0.25) is 0 Å². The number of fused-ring (bicyclic) bond motifs is 1. The van der Waals surface area contributed by atoms with E-state index in [1.165, 1.54) is 0 Å². The van der Waals surface area contributed by atoms with E-state index in [9.17, 15) is 31.1 Å². The lowest BCUT2D eigenvalue weighted by Gasteiger charge is -2.32. The number of nitrogens with zero attached hydrogens (tertiary/aromatic N) is 3. The molecule has 2 aromatic rings. The number of nitrogens with two attached hydrogens (primary N) is 1. The Hall–Kier alpha value is -2.67. The van der Waals surface area contributed by atoms with Crippen molar-refractivity contribution in [2.75, 3.05) is 6.54 Å².